The molecule has 1 nitrogen and oxygen atoms in total. The van der Waals surface area contributed by atoms with Crippen LogP contribution in [0.1, 0.15) is 62.3 Å². The van der Waals surface area contributed by atoms with Crippen molar-refractivity contribution in [2.45, 2.75) is 67.9 Å². The molecule has 0 fully saturated rings. The first-order valence-electron chi connectivity index (χ1n) is 7.33. The maximum atomic E-state index is 11.4. The Labute approximate surface area is 119 Å². The molecule has 0 amide bonds. The van der Waals surface area contributed by atoms with E-state index in [2.05, 4.69) is 80.5 Å². The van der Waals surface area contributed by atoms with E-state index < -0.39 is 5.60 Å². The van der Waals surface area contributed by atoms with Gasteiger partial charge in [-0.05, 0) is 27.9 Å². The van der Waals surface area contributed by atoms with Gasteiger partial charge < -0.3 is 5.11 Å². The number of rotatable bonds is 0. The van der Waals surface area contributed by atoms with E-state index in [0.717, 1.165) is 0 Å². The molecule has 110 valence electrons. The van der Waals surface area contributed by atoms with Gasteiger partial charge in [-0.3, -0.25) is 0 Å². The lowest BCUT2D eigenvalue weighted by Crippen LogP contribution is -2.53. The number of aliphatic hydroxyl groups is 1. The molecule has 2 unspecified atom stereocenters. The average molecular weight is 264 g/mol. The van der Waals surface area contributed by atoms with E-state index in [1.54, 1.807) is 0 Å². The van der Waals surface area contributed by atoms with Gasteiger partial charge in [0.15, 0.2) is 0 Å². The highest BCUT2D eigenvalue weighted by molar-refractivity contribution is 5.36. The van der Waals surface area contributed by atoms with Crippen LogP contribution < -0.4 is 0 Å². The summed E-state index contributed by atoms with van der Waals surface area (Å²) in [6.07, 6.45) is 6.53. The van der Waals surface area contributed by atoms with Crippen LogP contribution in [0.4, 0.5) is 0 Å². The Morgan fingerprint density at radius 2 is 1.42 bits per heavy atom. The zero-order valence-electron chi connectivity index (χ0n) is 14.3. The van der Waals surface area contributed by atoms with Crippen molar-refractivity contribution in [1.82, 2.24) is 0 Å². The fourth-order valence-corrected chi connectivity index (χ4v) is 2.82. The van der Waals surface area contributed by atoms with Gasteiger partial charge in [0.1, 0.15) is 0 Å². The first-order valence-corrected chi connectivity index (χ1v) is 7.33. The van der Waals surface area contributed by atoms with Crippen molar-refractivity contribution in [3.8, 4) is 0 Å². The molecule has 0 saturated carbocycles. The minimum absolute atomic E-state index is 0.0401. The second-order valence-corrected chi connectivity index (χ2v) is 9.13. The summed E-state index contributed by atoms with van der Waals surface area (Å²) >= 11 is 0. The molecule has 1 aliphatic rings. The summed E-state index contributed by atoms with van der Waals surface area (Å²) in [5.41, 5.74) is 0.344. The van der Waals surface area contributed by atoms with E-state index in [1.165, 1.54) is 5.57 Å². The summed E-state index contributed by atoms with van der Waals surface area (Å²) in [5, 5.41) is 11.4. The van der Waals surface area contributed by atoms with Crippen LogP contribution in [0.2, 0.25) is 0 Å². The molecule has 1 N–H and O–H groups in total. The lowest BCUT2D eigenvalue weighted by Gasteiger charge is -2.50. The molecule has 0 spiro atoms. The Kier molecular flexibility index (Phi) is 3.89. The zero-order valence-corrected chi connectivity index (χ0v) is 14.3. The average Bonchev–Trinajstić information content (AvgIpc) is 2.12. The van der Waals surface area contributed by atoms with Crippen LogP contribution in [0.25, 0.3) is 0 Å². The molecule has 0 radical (unpaired) electrons. The molecule has 0 aliphatic heterocycles. The largest absolute Gasteiger partial charge is 0.385 e. The highest BCUT2D eigenvalue weighted by Gasteiger charge is 2.50. The van der Waals surface area contributed by atoms with Crippen molar-refractivity contribution in [2.24, 2.45) is 22.2 Å². The van der Waals surface area contributed by atoms with E-state index in [4.69, 9.17) is 0 Å². The summed E-state index contributed by atoms with van der Waals surface area (Å²) in [6.45, 7) is 19.6. The molecular weight excluding hydrogens is 232 g/mol. The monoisotopic (exact) mass is 264 g/mol. The Bertz CT molecular complexity index is 393. The Morgan fingerprint density at radius 1 is 0.947 bits per heavy atom. The second kappa shape index (κ2) is 4.48. The maximum absolute atomic E-state index is 11.4. The molecule has 0 aromatic rings. The molecule has 1 heteroatoms. The summed E-state index contributed by atoms with van der Waals surface area (Å²) in [7, 11) is 0. The van der Waals surface area contributed by atoms with Gasteiger partial charge in [0.2, 0.25) is 0 Å². The van der Waals surface area contributed by atoms with Crippen LogP contribution in [0.5, 0.6) is 0 Å². The van der Waals surface area contributed by atoms with E-state index in [-0.39, 0.29) is 22.2 Å². The lowest BCUT2D eigenvalue weighted by atomic mass is 9.58. The number of hydrogen-bond acceptors (Lipinski definition) is 1. The van der Waals surface area contributed by atoms with E-state index >= 15 is 0 Å². The van der Waals surface area contributed by atoms with Crippen LogP contribution >= 0.6 is 0 Å². The topological polar surface area (TPSA) is 20.2 Å². The van der Waals surface area contributed by atoms with Crippen LogP contribution in [-0.2, 0) is 0 Å². The standard InChI is InChI=1S/C18H32O/c1-15(2,3)13-10-11-14(16(4,5)6)18(19,12-13)17(7,8)9/h10-12,14,19H,1-9H3. The van der Waals surface area contributed by atoms with Crippen LogP contribution in [0, 0.1) is 22.2 Å². The second-order valence-electron chi connectivity index (χ2n) is 9.13. The Balaban J connectivity index is 3.39. The third kappa shape index (κ3) is 3.13. The lowest BCUT2D eigenvalue weighted by molar-refractivity contribution is -0.0813. The van der Waals surface area contributed by atoms with Crippen molar-refractivity contribution < 1.29 is 5.11 Å². The minimum atomic E-state index is -0.803. The Hall–Kier alpha value is -0.560. The summed E-state index contributed by atoms with van der Waals surface area (Å²) in [5.74, 6) is 0.131. The zero-order chi connectivity index (χ0) is 15.3. The molecule has 2 atom stereocenters. The van der Waals surface area contributed by atoms with Gasteiger partial charge in [-0.15, -0.1) is 0 Å². The predicted octanol–water partition coefficient (Wildman–Crippen LogP) is 4.97. The molecule has 1 aliphatic carbocycles. The molecule has 1 rings (SSSR count). The van der Waals surface area contributed by atoms with Gasteiger partial charge in [-0.2, -0.15) is 0 Å². The summed E-state index contributed by atoms with van der Waals surface area (Å²) in [4.78, 5) is 0. The van der Waals surface area contributed by atoms with Crippen LogP contribution in [-0.4, -0.2) is 10.7 Å². The Morgan fingerprint density at radius 3 is 1.74 bits per heavy atom. The fourth-order valence-electron chi connectivity index (χ4n) is 2.82. The first kappa shape index (κ1) is 16.5. The van der Waals surface area contributed by atoms with Gasteiger partial charge >= 0.3 is 0 Å². The summed E-state index contributed by atoms with van der Waals surface area (Å²) < 4.78 is 0. The first-order chi connectivity index (χ1) is 8.19. The molecule has 0 bridgehead atoms. The van der Waals surface area contributed by atoms with E-state index in [1.807, 2.05) is 0 Å². The van der Waals surface area contributed by atoms with Gasteiger partial charge in [0, 0.05) is 5.92 Å². The third-order valence-electron chi connectivity index (χ3n) is 4.32. The smallest absolute Gasteiger partial charge is 0.0948 e. The van der Waals surface area contributed by atoms with E-state index in [9.17, 15) is 5.11 Å². The van der Waals surface area contributed by atoms with Gasteiger partial charge in [0.25, 0.3) is 0 Å². The van der Waals surface area contributed by atoms with Crippen molar-refractivity contribution in [1.29, 1.82) is 0 Å². The van der Waals surface area contributed by atoms with Crippen molar-refractivity contribution in [2.75, 3.05) is 0 Å². The SMILES string of the molecule is CC(C)(C)C1=CC(O)(C(C)(C)C)C(C(C)(C)C)C=C1. The quantitative estimate of drug-likeness (QED) is 0.655. The van der Waals surface area contributed by atoms with Crippen molar-refractivity contribution in [3.63, 3.8) is 0 Å². The highest BCUT2D eigenvalue weighted by atomic mass is 16.3. The minimum Gasteiger partial charge on any atom is -0.385 e. The highest BCUT2D eigenvalue weighted by Crippen LogP contribution is 2.50. The van der Waals surface area contributed by atoms with Crippen molar-refractivity contribution in [3.05, 3.63) is 23.8 Å². The fraction of sp³-hybridized carbons (Fsp3) is 0.778. The van der Waals surface area contributed by atoms with E-state index in [0.29, 0.717) is 0 Å². The molecule has 0 heterocycles. The van der Waals surface area contributed by atoms with Gasteiger partial charge in [-0.1, -0.05) is 74.5 Å². The summed E-state index contributed by atoms with van der Waals surface area (Å²) in [6, 6.07) is 0. The normalized spacial score (nSPS) is 29.4. The molecule has 0 aromatic heterocycles. The maximum Gasteiger partial charge on any atom is 0.0948 e. The van der Waals surface area contributed by atoms with Crippen molar-refractivity contribution >= 4 is 0 Å². The molecule has 0 saturated heterocycles. The number of allylic oxidation sites excluding steroid dienone is 2. The number of hydrogen-bond donors (Lipinski definition) is 1. The molecule has 19 heavy (non-hydrogen) atoms. The van der Waals surface area contributed by atoms with Crippen LogP contribution in [0.15, 0.2) is 23.8 Å². The third-order valence-corrected chi connectivity index (χ3v) is 4.32. The van der Waals surface area contributed by atoms with Gasteiger partial charge in [0.05, 0.1) is 5.60 Å². The molecule has 0 aromatic carbocycles. The van der Waals surface area contributed by atoms with Gasteiger partial charge in [-0.25, -0.2) is 0 Å². The molecular formula is C18H32O. The predicted molar refractivity (Wildman–Crippen MR) is 84.0 cm³/mol. The van der Waals surface area contributed by atoms with Crippen LogP contribution in [0.3, 0.4) is 0 Å².